The van der Waals surface area contributed by atoms with Gasteiger partial charge in [-0.1, -0.05) is 61.7 Å². The molecule has 2 aliphatic rings. The monoisotopic (exact) mass is 483 g/mol. The van der Waals surface area contributed by atoms with E-state index in [0.717, 1.165) is 29.1 Å². The van der Waals surface area contributed by atoms with E-state index in [1.165, 1.54) is 37.7 Å². The van der Waals surface area contributed by atoms with Gasteiger partial charge in [0.2, 0.25) is 0 Å². The Labute approximate surface area is 212 Å². The highest BCUT2D eigenvalue weighted by Gasteiger charge is 2.30. The Balaban J connectivity index is 1.45. The van der Waals surface area contributed by atoms with Crippen molar-refractivity contribution in [1.82, 2.24) is 5.32 Å². The lowest BCUT2D eigenvalue weighted by Gasteiger charge is -2.23. The van der Waals surface area contributed by atoms with Crippen LogP contribution in [0.15, 0.2) is 66.7 Å². The molecule has 0 atom stereocenters. The number of ether oxygens (including phenoxy) is 2. The first-order chi connectivity index (χ1) is 17.7. The van der Waals surface area contributed by atoms with Crippen LogP contribution in [-0.4, -0.2) is 26.2 Å². The van der Waals surface area contributed by atoms with Crippen molar-refractivity contribution < 1.29 is 14.3 Å². The second-order valence-electron chi connectivity index (χ2n) is 9.36. The molecule has 1 aliphatic heterocycles. The van der Waals surface area contributed by atoms with Crippen molar-refractivity contribution in [1.29, 1.82) is 0 Å². The van der Waals surface area contributed by atoms with Gasteiger partial charge in [-0.05, 0) is 42.2 Å². The third-order valence-electron chi connectivity index (χ3n) is 7.00. The number of carbonyl (C=O) groups is 1. The quantitative estimate of drug-likeness (QED) is 0.340. The summed E-state index contributed by atoms with van der Waals surface area (Å²) in [6, 6.07) is 22.6. The molecule has 1 heterocycles. The van der Waals surface area contributed by atoms with Crippen LogP contribution in [-0.2, 0) is 11.3 Å². The molecule has 0 saturated heterocycles. The van der Waals surface area contributed by atoms with Crippen molar-refractivity contribution >= 4 is 28.6 Å². The summed E-state index contributed by atoms with van der Waals surface area (Å²) in [4.78, 5) is 13.2. The molecule has 5 rings (SSSR count). The normalized spacial score (nSPS) is 16.8. The number of methoxy groups -OCH3 is 2. The zero-order chi connectivity index (χ0) is 24.9. The van der Waals surface area contributed by atoms with Gasteiger partial charge in [-0.25, -0.2) is 0 Å². The van der Waals surface area contributed by atoms with E-state index >= 15 is 0 Å². The van der Waals surface area contributed by atoms with Gasteiger partial charge in [0.1, 0.15) is 0 Å². The predicted molar refractivity (Wildman–Crippen MR) is 145 cm³/mol. The molecule has 0 spiro atoms. The second-order valence-corrected chi connectivity index (χ2v) is 9.36. The molecule has 1 fully saturated rings. The van der Waals surface area contributed by atoms with Crippen molar-refractivity contribution in [3.05, 3.63) is 83.4 Å². The number of anilines is 2. The molecule has 1 saturated carbocycles. The Morgan fingerprint density at radius 1 is 0.917 bits per heavy atom. The number of nitrogens with one attached hydrogen (secondary N) is 3. The van der Waals surface area contributed by atoms with E-state index in [0.29, 0.717) is 28.8 Å². The van der Waals surface area contributed by atoms with E-state index in [9.17, 15) is 4.79 Å². The van der Waals surface area contributed by atoms with Crippen LogP contribution in [0.1, 0.15) is 48.8 Å². The topological polar surface area (TPSA) is 71.6 Å². The van der Waals surface area contributed by atoms with Gasteiger partial charge in [0.15, 0.2) is 11.5 Å². The van der Waals surface area contributed by atoms with Gasteiger partial charge in [0.05, 0.1) is 31.2 Å². The lowest BCUT2D eigenvalue weighted by atomic mass is 9.95. The first kappa shape index (κ1) is 23.9. The Morgan fingerprint density at radius 3 is 2.31 bits per heavy atom. The highest BCUT2D eigenvalue weighted by Crippen LogP contribution is 2.43. The van der Waals surface area contributed by atoms with Crippen molar-refractivity contribution in [2.24, 2.45) is 0 Å². The third-order valence-corrected chi connectivity index (χ3v) is 7.00. The van der Waals surface area contributed by atoms with Crippen molar-refractivity contribution in [2.45, 2.75) is 44.7 Å². The molecule has 6 nitrogen and oxygen atoms in total. The predicted octanol–water partition coefficient (Wildman–Crippen LogP) is 6.06. The summed E-state index contributed by atoms with van der Waals surface area (Å²) in [5.41, 5.74) is 5.88. The molecule has 6 heteroatoms. The lowest BCUT2D eigenvalue weighted by molar-refractivity contribution is -0.110. The largest absolute Gasteiger partial charge is 0.493 e. The zero-order valence-corrected chi connectivity index (χ0v) is 20.9. The Bertz CT molecular complexity index is 1250. The van der Waals surface area contributed by atoms with Crippen LogP contribution in [0, 0.1) is 0 Å². The van der Waals surface area contributed by atoms with Crippen LogP contribution < -0.4 is 25.4 Å². The lowest BCUT2D eigenvalue weighted by Crippen LogP contribution is -2.30. The van der Waals surface area contributed by atoms with Gasteiger partial charge in [0, 0.05) is 29.9 Å². The van der Waals surface area contributed by atoms with E-state index in [2.05, 4.69) is 40.2 Å². The van der Waals surface area contributed by atoms with E-state index in [1.807, 2.05) is 36.4 Å². The number of fused-ring (bicyclic) bond motifs is 1. The number of hydrogen-bond acceptors (Lipinski definition) is 5. The summed E-state index contributed by atoms with van der Waals surface area (Å²) in [6.45, 7) is 0.870. The molecule has 3 aromatic carbocycles. The van der Waals surface area contributed by atoms with Crippen LogP contribution >= 0.6 is 0 Å². The molecule has 36 heavy (non-hydrogen) atoms. The van der Waals surface area contributed by atoms with E-state index in [-0.39, 0.29) is 5.91 Å². The van der Waals surface area contributed by atoms with Gasteiger partial charge < -0.3 is 25.4 Å². The maximum Gasteiger partial charge on any atom is 0.258 e. The first-order valence-corrected chi connectivity index (χ1v) is 12.6. The van der Waals surface area contributed by atoms with Crippen LogP contribution in [0.4, 0.5) is 11.4 Å². The van der Waals surface area contributed by atoms with E-state index in [4.69, 9.17) is 9.47 Å². The average Bonchev–Trinajstić information content (AvgIpc) is 3.25. The zero-order valence-electron chi connectivity index (χ0n) is 20.9. The summed E-state index contributed by atoms with van der Waals surface area (Å²) in [6.07, 6.45) is 6.56. The summed E-state index contributed by atoms with van der Waals surface area (Å²) < 4.78 is 10.9. The molecular formula is C30H33N3O3. The van der Waals surface area contributed by atoms with E-state index < -0.39 is 0 Å². The average molecular weight is 484 g/mol. The summed E-state index contributed by atoms with van der Waals surface area (Å²) >= 11 is 0. The smallest absolute Gasteiger partial charge is 0.258 e. The van der Waals surface area contributed by atoms with E-state index in [1.54, 1.807) is 20.3 Å². The number of hydrogen-bond donors (Lipinski definition) is 3. The SMILES string of the molecule is COc1cc2c(cc1OC)C(=C(Nc1ccc(CNC3CCCCC3)cc1)c1ccccc1)C(=O)N2. The minimum atomic E-state index is -0.167. The fourth-order valence-electron chi connectivity index (χ4n) is 5.05. The molecule has 1 aliphatic carbocycles. The molecular weight excluding hydrogens is 450 g/mol. The molecule has 0 unspecified atom stereocenters. The first-order valence-electron chi connectivity index (χ1n) is 12.6. The number of benzene rings is 3. The van der Waals surface area contributed by atoms with Gasteiger partial charge in [-0.2, -0.15) is 0 Å². The van der Waals surface area contributed by atoms with Crippen molar-refractivity contribution in [2.75, 3.05) is 24.9 Å². The highest BCUT2D eigenvalue weighted by atomic mass is 16.5. The van der Waals surface area contributed by atoms with Crippen molar-refractivity contribution in [3.8, 4) is 11.5 Å². The Morgan fingerprint density at radius 2 is 1.61 bits per heavy atom. The van der Waals surface area contributed by atoms with Crippen LogP contribution in [0.2, 0.25) is 0 Å². The maximum atomic E-state index is 13.2. The van der Waals surface area contributed by atoms with Crippen molar-refractivity contribution in [3.63, 3.8) is 0 Å². The standard InChI is InChI=1S/C30H33N3O3/c1-35-26-17-24-25(18-27(26)36-2)33-30(34)28(24)29(21-9-5-3-6-10-21)32-23-15-13-20(14-16-23)19-31-22-11-7-4-8-12-22/h3,5-6,9-10,13-18,22,31-32H,4,7-8,11-12,19H2,1-2H3,(H,33,34). The Kier molecular flexibility index (Phi) is 7.23. The molecule has 0 bridgehead atoms. The third kappa shape index (κ3) is 5.09. The number of rotatable bonds is 8. The Hall–Kier alpha value is -3.77. The molecule has 3 N–H and O–H groups in total. The van der Waals surface area contributed by atoms with Gasteiger partial charge in [-0.3, -0.25) is 4.79 Å². The molecule has 0 radical (unpaired) electrons. The minimum Gasteiger partial charge on any atom is -0.493 e. The van der Waals surface area contributed by atoms with Gasteiger partial charge in [0.25, 0.3) is 5.91 Å². The molecule has 3 aromatic rings. The van der Waals surface area contributed by atoms with Crippen LogP contribution in [0.5, 0.6) is 11.5 Å². The molecule has 1 amide bonds. The van der Waals surface area contributed by atoms with Gasteiger partial charge >= 0.3 is 0 Å². The fourth-order valence-corrected chi connectivity index (χ4v) is 5.05. The number of amides is 1. The molecule has 186 valence electrons. The summed E-state index contributed by atoms with van der Waals surface area (Å²) in [5.74, 6) is 0.983. The highest BCUT2D eigenvalue weighted by molar-refractivity contribution is 6.37. The summed E-state index contributed by atoms with van der Waals surface area (Å²) in [5, 5.41) is 10.2. The van der Waals surface area contributed by atoms with Crippen LogP contribution in [0.3, 0.4) is 0 Å². The fraction of sp³-hybridized carbons (Fsp3) is 0.300. The number of carbonyl (C=O) groups excluding carboxylic acids is 1. The molecule has 0 aromatic heterocycles. The summed E-state index contributed by atoms with van der Waals surface area (Å²) in [7, 11) is 3.18. The minimum absolute atomic E-state index is 0.167. The van der Waals surface area contributed by atoms with Crippen LogP contribution in [0.25, 0.3) is 11.3 Å². The second kappa shape index (κ2) is 10.9. The maximum absolute atomic E-state index is 13.2. The van der Waals surface area contributed by atoms with Gasteiger partial charge in [-0.15, -0.1) is 0 Å².